The van der Waals surface area contributed by atoms with Crippen molar-refractivity contribution < 1.29 is 14.3 Å². The molecule has 4 aromatic carbocycles. The number of ether oxygens (including phenoxy) is 2. The number of nitrogens with zero attached hydrogens (tertiary/aromatic N) is 1. The molecular formula is C32H29NO3. The van der Waals surface area contributed by atoms with Gasteiger partial charge in [0.05, 0.1) is 7.11 Å². The third-order valence-electron chi connectivity index (χ3n) is 6.40. The Morgan fingerprint density at radius 2 is 1.53 bits per heavy atom. The molecule has 5 aromatic rings. The van der Waals surface area contributed by atoms with Gasteiger partial charge in [0.2, 0.25) is 0 Å². The number of fused-ring (bicyclic) bond motifs is 1. The number of benzene rings is 4. The van der Waals surface area contributed by atoms with Crippen molar-refractivity contribution in [2.75, 3.05) is 7.11 Å². The van der Waals surface area contributed by atoms with Crippen molar-refractivity contribution in [3.8, 4) is 16.9 Å². The Morgan fingerprint density at radius 1 is 0.750 bits per heavy atom. The molecule has 0 aliphatic carbocycles. The minimum atomic E-state index is -0.195. The number of aryl methyl sites for hydroxylation is 1. The first-order valence-electron chi connectivity index (χ1n) is 12.2. The van der Waals surface area contributed by atoms with E-state index in [1.54, 1.807) is 0 Å². The Bertz CT molecular complexity index is 1450. The first kappa shape index (κ1) is 23.4. The largest absolute Gasteiger partial charge is 0.489 e. The summed E-state index contributed by atoms with van der Waals surface area (Å²) >= 11 is 0. The topological polar surface area (TPSA) is 40.5 Å². The van der Waals surface area contributed by atoms with E-state index in [0.717, 1.165) is 23.4 Å². The average Bonchev–Trinajstić information content (AvgIpc) is 3.33. The Morgan fingerprint density at radius 3 is 2.33 bits per heavy atom. The Kier molecular flexibility index (Phi) is 7.13. The van der Waals surface area contributed by atoms with Crippen LogP contribution in [0.4, 0.5) is 0 Å². The van der Waals surface area contributed by atoms with Gasteiger partial charge in [-0.3, -0.25) is 4.79 Å². The predicted octanol–water partition coefficient (Wildman–Crippen LogP) is 7.04. The first-order valence-corrected chi connectivity index (χ1v) is 12.2. The Balaban J connectivity index is 1.25. The third-order valence-corrected chi connectivity index (χ3v) is 6.40. The van der Waals surface area contributed by atoms with Crippen molar-refractivity contribution in [1.29, 1.82) is 0 Å². The number of hydrogen-bond acceptors (Lipinski definition) is 3. The third kappa shape index (κ3) is 5.66. The molecule has 0 spiro atoms. The molecule has 0 unspecified atom stereocenters. The van der Waals surface area contributed by atoms with Crippen LogP contribution in [0.3, 0.4) is 0 Å². The molecule has 1 heterocycles. The fourth-order valence-electron chi connectivity index (χ4n) is 4.41. The quantitative estimate of drug-likeness (QED) is 0.215. The van der Waals surface area contributed by atoms with Crippen LogP contribution in [0.5, 0.6) is 5.75 Å². The molecule has 1 aromatic heterocycles. The lowest BCUT2D eigenvalue weighted by Crippen LogP contribution is -2.02. The summed E-state index contributed by atoms with van der Waals surface area (Å²) in [6.45, 7) is 1.35. The summed E-state index contributed by atoms with van der Waals surface area (Å²) in [5, 5.41) is 1.23. The van der Waals surface area contributed by atoms with Crippen LogP contribution in [0.1, 0.15) is 23.1 Å². The standard InChI is InChI=1S/C32H29NO3/c1-35-32(34)17-12-24-10-14-30(15-11-24)36-23-26-8-5-9-27(20-26)28-13-16-31-29(21-28)18-19-33(31)22-25-6-3-2-4-7-25/h2-11,13-16,18-21H,12,17,22-23H2,1H3. The van der Waals surface area contributed by atoms with E-state index < -0.39 is 0 Å². The highest BCUT2D eigenvalue weighted by molar-refractivity contribution is 5.85. The minimum absolute atomic E-state index is 0.195. The molecular weight excluding hydrogens is 446 g/mol. The maximum absolute atomic E-state index is 11.3. The van der Waals surface area contributed by atoms with Crippen LogP contribution < -0.4 is 4.74 Å². The molecule has 4 nitrogen and oxygen atoms in total. The Hall–Kier alpha value is -4.31. The SMILES string of the molecule is COC(=O)CCc1ccc(OCc2cccc(-c3ccc4c(ccn4Cc4ccccc4)c3)c2)cc1. The van der Waals surface area contributed by atoms with E-state index in [0.29, 0.717) is 19.4 Å². The summed E-state index contributed by atoms with van der Waals surface area (Å²) in [5.41, 5.74) is 7.09. The van der Waals surface area contributed by atoms with Crippen molar-refractivity contribution in [2.45, 2.75) is 26.0 Å². The normalized spacial score (nSPS) is 10.9. The second-order valence-corrected chi connectivity index (χ2v) is 8.91. The number of hydrogen-bond donors (Lipinski definition) is 0. The molecule has 0 N–H and O–H groups in total. The zero-order valence-electron chi connectivity index (χ0n) is 20.4. The van der Waals surface area contributed by atoms with Crippen molar-refractivity contribution >= 4 is 16.9 Å². The van der Waals surface area contributed by atoms with Crippen LogP contribution in [0.2, 0.25) is 0 Å². The van der Waals surface area contributed by atoms with E-state index in [1.165, 1.54) is 34.7 Å². The van der Waals surface area contributed by atoms with Gasteiger partial charge in [0, 0.05) is 30.1 Å². The maximum Gasteiger partial charge on any atom is 0.305 e. The van der Waals surface area contributed by atoms with E-state index in [4.69, 9.17) is 9.47 Å². The number of methoxy groups -OCH3 is 1. The van der Waals surface area contributed by atoms with Crippen molar-refractivity contribution in [3.05, 3.63) is 126 Å². The van der Waals surface area contributed by atoms with Crippen molar-refractivity contribution in [3.63, 3.8) is 0 Å². The summed E-state index contributed by atoms with van der Waals surface area (Å²) < 4.78 is 13.0. The number of rotatable bonds is 9. The molecule has 0 amide bonds. The smallest absolute Gasteiger partial charge is 0.305 e. The molecule has 4 heteroatoms. The number of carbonyl (C=O) groups is 1. The molecule has 0 saturated heterocycles. The van der Waals surface area contributed by atoms with Crippen LogP contribution in [-0.4, -0.2) is 17.6 Å². The van der Waals surface area contributed by atoms with Crippen molar-refractivity contribution in [1.82, 2.24) is 4.57 Å². The number of carbonyl (C=O) groups excluding carboxylic acids is 1. The first-order chi connectivity index (χ1) is 17.7. The molecule has 0 fully saturated rings. The molecule has 180 valence electrons. The second kappa shape index (κ2) is 11.0. The molecule has 36 heavy (non-hydrogen) atoms. The van der Waals surface area contributed by atoms with Crippen molar-refractivity contribution in [2.24, 2.45) is 0 Å². The fourth-order valence-corrected chi connectivity index (χ4v) is 4.41. The highest BCUT2D eigenvalue weighted by Gasteiger charge is 2.07. The molecule has 5 rings (SSSR count). The molecule has 0 saturated carbocycles. The fraction of sp³-hybridized carbons (Fsp3) is 0.156. The van der Waals surface area contributed by atoms with Gasteiger partial charge in [0.15, 0.2) is 0 Å². The van der Waals surface area contributed by atoms with Crippen LogP contribution in [-0.2, 0) is 29.1 Å². The van der Waals surface area contributed by atoms with Gasteiger partial charge in [-0.05, 0) is 70.6 Å². The highest BCUT2D eigenvalue weighted by atomic mass is 16.5. The van der Waals surface area contributed by atoms with Gasteiger partial charge >= 0.3 is 5.97 Å². The van der Waals surface area contributed by atoms with Gasteiger partial charge in [0.1, 0.15) is 12.4 Å². The van der Waals surface area contributed by atoms with E-state index in [9.17, 15) is 4.79 Å². The van der Waals surface area contributed by atoms with E-state index in [-0.39, 0.29) is 5.97 Å². The minimum Gasteiger partial charge on any atom is -0.489 e. The predicted molar refractivity (Wildman–Crippen MR) is 144 cm³/mol. The lowest BCUT2D eigenvalue weighted by molar-refractivity contribution is -0.140. The van der Waals surface area contributed by atoms with E-state index in [2.05, 4.69) is 83.6 Å². The van der Waals surface area contributed by atoms with Gasteiger partial charge in [0.25, 0.3) is 0 Å². The summed E-state index contributed by atoms with van der Waals surface area (Å²) in [4.78, 5) is 11.3. The second-order valence-electron chi connectivity index (χ2n) is 8.91. The zero-order chi connectivity index (χ0) is 24.7. The van der Waals surface area contributed by atoms with E-state index in [1.807, 2.05) is 30.3 Å². The summed E-state index contributed by atoms with van der Waals surface area (Å²) in [6, 6.07) is 35.7. The van der Waals surface area contributed by atoms with Gasteiger partial charge in [-0.1, -0.05) is 66.7 Å². The molecule has 0 aliphatic heterocycles. The molecule has 0 bridgehead atoms. The van der Waals surface area contributed by atoms with Gasteiger partial charge in [-0.15, -0.1) is 0 Å². The highest BCUT2D eigenvalue weighted by Crippen LogP contribution is 2.27. The zero-order valence-corrected chi connectivity index (χ0v) is 20.4. The number of aromatic nitrogens is 1. The summed E-state index contributed by atoms with van der Waals surface area (Å²) in [7, 11) is 1.41. The molecule has 0 radical (unpaired) electrons. The summed E-state index contributed by atoms with van der Waals surface area (Å²) in [5.74, 6) is 0.613. The summed E-state index contributed by atoms with van der Waals surface area (Å²) in [6.07, 6.45) is 3.20. The van der Waals surface area contributed by atoms with Gasteiger partial charge in [-0.2, -0.15) is 0 Å². The number of esters is 1. The van der Waals surface area contributed by atoms with Gasteiger partial charge < -0.3 is 14.0 Å². The van der Waals surface area contributed by atoms with Crippen LogP contribution in [0, 0.1) is 0 Å². The molecule has 0 atom stereocenters. The lowest BCUT2D eigenvalue weighted by atomic mass is 10.0. The van der Waals surface area contributed by atoms with Crippen LogP contribution >= 0.6 is 0 Å². The molecule has 0 aliphatic rings. The average molecular weight is 476 g/mol. The van der Waals surface area contributed by atoms with Crippen LogP contribution in [0.15, 0.2) is 109 Å². The maximum atomic E-state index is 11.3. The lowest BCUT2D eigenvalue weighted by Gasteiger charge is -2.10. The Labute approximate surface area is 211 Å². The van der Waals surface area contributed by atoms with Gasteiger partial charge in [-0.25, -0.2) is 0 Å². The monoisotopic (exact) mass is 475 g/mol. The van der Waals surface area contributed by atoms with Crippen LogP contribution in [0.25, 0.3) is 22.0 Å². The van der Waals surface area contributed by atoms with E-state index >= 15 is 0 Å².